The van der Waals surface area contributed by atoms with Crippen LogP contribution in [0.3, 0.4) is 0 Å². The van der Waals surface area contributed by atoms with Crippen molar-refractivity contribution in [1.29, 1.82) is 0 Å². The summed E-state index contributed by atoms with van der Waals surface area (Å²) in [5, 5.41) is 3.57. The van der Waals surface area contributed by atoms with Gasteiger partial charge in [-0.1, -0.05) is 6.92 Å². The molecule has 0 spiro atoms. The summed E-state index contributed by atoms with van der Waals surface area (Å²) in [6, 6.07) is 0.616. The number of hydrogen-bond donors (Lipinski definition) is 1. The molecule has 1 atom stereocenters. The molecule has 1 aliphatic carbocycles. The van der Waals surface area contributed by atoms with Crippen molar-refractivity contribution in [3.63, 3.8) is 0 Å². The Balaban J connectivity index is 1.96. The van der Waals surface area contributed by atoms with E-state index in [2.05, 4.69) is 12.2 Å². The van der Waals surface area contributed by atoms with E-state index in [1.54, 1.807) is 0 Å². The normalized spacial score (nSPS) is 24.8. The monoisotopic (exact) mass is 181 g/mol. The number of ether oxygens (including phenoxy) is 1. The number of rotatable bonds is 4. The van der Waals surface area contributed by atoms with Gasteiger partial charge in [0.05, 0.1) is 12.9 Å². The van der Waals surface area contributed by atoms with Crippen molar-refractivity contribution in [3.8, 4) is 0 Å². The lowest BCUT2D eigenvalue weighted by Gasteiger charge is -2.23. The summed E-state index contributed by atoms with van der Waals surface area (Å²) in [5.74, 6) is 0.896. The number of hydrogen-bond acceptors (Lipinski definition) is 2. The smallest absolute Gasteiger partial charge is 0.0876 e. The first kappa shape index (κ1) is 9.07. The average molecular weight is 181 g/mol. The van der Waals surface area contributed by atoms with E-state index in [0.29, 0.717) is 6.04 Å². The summed E-state index contributed by atoms with van der Waals surface area (Å²) in [5.41, 5.74) is 1.50. The van der Waals surface area contributed by atoms with Crippen LogP contribution in [0.15, 0.2) is 11.8 Å². The van der Waals surface area contributed by atoms with Gasteiger partial charge in [-0.25, -0.2) is 0 Å². The zero-order valence-corrected chi connectivity index (χ0v) is 8.38. The summed E-state index contributed by atoms with van der Waals surface area (Å²) in [6.45, 7) is 4.16. The van der Waals surface area contributed by atoms with E-state index in [-0.39, 0.29) is 0 Å². The van der Waals surface area contributed by atoms with Gasteiger partial charge in [-0.2, -0.15) is 0 Å². The molecule has 74 valence electrons. The first-order valence-electron chi connectivity index (χ1n) is 5.45. The predicted octanol–water partition coefficient (Wildman–Crippen LogP) is 2.07. The molecule has 1 fully saturated rings. The average Bonchev–Trinajstić information content (AvgIpc) is 2.99. The van der Waals surface area contributed by atoms with Crippen LogP contribution in [0, 0.1) is 5.92 Å². The molecule has 0 aromatic carbocycles. The predicted molar refractivity (Wildman–Crippen MR) is 53.5 cm³/mol. The Hall–Kier alpha value is -0.500. The van der Waals surface area contributed by atoms with E-state index in [9.17, 15) is 0 Å². The van der Waals surface area contributed by atoms with Gasteiger partial charge in [0.15, 0.2) is 0 Å². The molecule has 0 aromatic rings. The summed E-state index contributed by atoms with van der Waals surface area (Å²) >= 11 is 0. The van der Waals surface area contributed by atoms with E-state index < -0.39 is 0 Å². The highest BCUT2D eigenvalue weighted by molar-refractivity contribution is 5.14. The van der Waals surface area contributed by atoms with E-state index in [4.69, 9.17) is 4.74 Å². The Labute approximate surface area is 80.4 Å². The van der Waals surface area contributed by atoms with Gasteiger partial charge in [0, 0.05) is 6.04 Å². The molecule has 2 nitrogen and oxygen atoms in total. The van der Waals surface area contributed by atoms with Crippen molar-refractivity contribution in [2.75, 3.05) is 13.2 Å². The molecule has 2 rings (SSSR count). The molecule has 1 unspecified atom stereocenters. The van der Waals surface area contributed by atoms with Gasteiger partial charge < -0.3 is 10.1 Å². The standard InChI is InChI=1S/C11H19NO/c1-2-12-11(9-5-6-9)10-4-3-7-13-8-10/h8-9,11-12H,2-7H2,1H3. The van der Waals surface area contributed by atoms with Crippen molar-refractivity contribution in [2.45, 2.75) is 38.6 Å². The lowest BCUT2D eigenvalue weighted by atomic mass is 9.98. The van der Waals surface area contributed by atoms with Crippen LogP contribution in [0.4, 0.5) is 0 Å². The van der Waals surface area contributed by atoms with Crippen LogP contribution < -0.4 is 5.32 Å². The molecule has 0 aromatic heterocycles. The Morgan fingerprint density at radius 1 is 1.62 bits per heavy atom. The maximum atomic E-state index is 5.39. The zero-order valence-electron chi connectivity index (χ0n) is 8.38. The van der Waals surface area contributed by atoms with Crippen molar-refractivity contribution in [3.05, 3.63) is 11.8 Å². The second-order valence-electron chi connectivity index (χ2n) is 4.04. The Morgan fingerprint density at radius 2 is 2.46 bits per heavy atom. The van der Waals surface area contributed by atoms with Crippen molar-refractivity contribution < 1.29 is 4.74 Å². The summed E-state index contributed by atoms with van der Waals surface area (Å²) in [6.07, 6.45) is 7.22. The molecule has 0 bridgehead atoms. The van der Waals surface area contributed by atoms with Crippen LogP contribution in [0.2, 0.25) is 0 Å². The van der Waals surface area contributed by atoms with Gasteiger partial charge in [-0.05, 0) is 43.7 Å². The molecule has 1 N–H and O–H groups in total. The van der Waals surface area contributed by atoms with Crippen LogP contribution >= 0.6 is 0 Å². The first-order valence-corrected chi connectivity index (χ1v) is 5.45. The second-order valence-corrected chi connectivity index (χ2v) is 4.04. The maximum Gasteiger partial charge on any atom is 0.0876 e. The quantitative estimate of drug-likeness (QED) is 0.717. The van der Waals surface area contributed by atoms with E-state index in [0.717, 1.165) is 19.1 Å². The SMILES string of the molecule is CCNC(C1=COCCC1)C1CC1. The highest BCUT2D eigenvalue weighted by Gasteiger charge is 2.33. The van der Waals surface area contributed by atoms with E-state index in [1.807, 2.05) is 6.26 Å². The molecular formula is C11H19NO. The molecular weight excluding hydrogens is 162 g/mol. The van der Waals surface area contributed by atoms with Gasteiger partial charge in [0.1, 0.15) is 0 Å². The molecule has 0 amide bonds. The lowest BCUT2D eigenvalue weighted by molar-refractivity contribution is 0.218. The molecule has 1 saturated carbocycles. The maximum absolute atomic E-state index is 5.39. The van der Waals surface area contributed by atoms with Gasteiger partial charge in [-0.3, -0.25) is 0 Å². The highest BCUT2D eigenvalue weighted by atomic mass is 16.5. The van der Waals surface area contributed by atoms with Crippen LogP contribution in [-0.2, 0) is 4.74 Å². The van der Waals surface area contributed by atoms with Crippen LogP contribution in [0.25, 0.3) is 0 Å². The van der Waals surface area contributed by atoms with Gasteiger partial charge in [0.2, 0.25) is 0 Å². The lowest BCUT2D eigenvalue weighted by Crippen LogP contribution is -2.33. The summed E-state index contributed by atoms with van der Waals surface area (Å²) < 4.78 is 5.39. The highest BCUT2D eigenvalue weighted by Crippen LogP contribution is 2.37. The minimum Gasteiger partial charge on any atom is -0.501 e. The third-order valence-corrected chi connectivity index (χ3v) is 2.88. The van der Waals surface area contributed by atoms with Crippen LogP contribution in [0.5, 0.6) is 0 Å². The van der Waals surface area contributed by atoms with Gasteiger partial charge in [-0.15, -0.1) is 0 Å². The molecule has 0 saturated heterocycles. The van der Waals surface area contributed by atoms with Gasteiger partial charge in [0.25, 0.3) is 0 Å². The minimum absolute atomic E-state index is 0.616. The Morgan fingerprint density at radius 3 is 3.00 bits per heavy atom. The van der Waals surface area contributed by atoms with Gasteiger partial charge >= 0.3 is 0 Å². The summed E-state index contributed by atoms with van der Waals surface area (Å²) in [4.78, 5) is 0. The summed E-state index contributed by atoms with van der Waals surface area (Å²) in [7, 11) is 0. The fourth-order valence-electron chi connectivity index (χ4n) is 2.06. The largest absolute Gasteiger partial charge is 0.501 e. The third kappa shape index (κ3) is 2.25. The number of nitrogens with one attached hydrogen (secondary N) is 1. The Kier molecular flexibility index (Phi) is 2.89. The molecule has 1 aliphatic heterocycles. The van der Waals surface area contributed by atoms with E-state index >= 15 is 0 Å². The van der Waals surface area contributed by atoms with Crippen molar-refractivity contribution >= 4 is 0 Å². The molecule has 13 heavy (non-hydrogen) atoms. The fraction of sp³-hybridized carbons (Fsp3) is 0.818. The van der Waals surface area contributed by atoms with Crippen LogP contribution in [-0.4, -0.2) is 19.2 Å². The van der Waals surface area contributed by atoms with Crippen molar-refractivity contribution in [2.24, 2.45) is 5.92 Å². The topological polar surface area (TPSA) is 21.3 Å². The third-order valence-electron chi connectivity index (χ3n) is 2.88. The molecule has 2 heteroatoms. The van der Waals surface area contributed by atoms with E-state index in [1.165, 1.54) is 31.3 Å². The second kappa shape index (κ2) is 4.14. The molecule has 1 heterocycles. The van der Waals surface area contributed by atoms with Crippen LogP contribution in [0.1, 0.15) is 32.6 Å². The fourth-order valence-corrected chi connectivity index (χ4v) is 2.06. The molecule has 0 radical (unpaired) electrons. The minimum atomic E-state index is 0.616. The Bertz CT molecular complexity index is 196. The zero-order chi connectivity index (χ0) is 9.10. The molecule has 2 aliphatic rings. The number of likely N-dealkylation sites (N-methyl/N-ethyl adjacent to an activating group) is 1. The van der Waals surface area contributed by atoms with Crippen molar-refractivity contribution in [1.82, 2.24) is 5.32 Å². The first-order chi connectivity index (χ1) is 6.42.